The fraction of sp³-hybridized carbons (Fsp3) is 0.400. The van der Waals surface area contributed by atoms with Crippen molar-refractivity contribution >= 4 is 21.6 Å². The van der Waals surface area contributed by atoms with Gasteiger partial charge in [0.15, 0.2) is 0 Å². The smallest absolute Gasteiger partial charge is 0.268 e. The number of nitrogens with one attached hydrogen (secondary N) is 2. The van der Waals surface area contributed by atoms with Crippen LogP contribution in [-0.2, 0) is 11.3 Å². The summed E-state index contributed by atoms with van der Waals surface area (Å²) >= 11 is 1.37. The van der Waals surface area contributed by atoms with Crippen molar-refractivity contribution < 1.29 is 9.13 Å². The Morgan fingerprint density at radius 3 is 2.63 bits per heavy atom. The van der Waals surface area contributed by atoms with Gasteiger partial charge in [-0.1, -0.05) is 19.1 Å². The van der Waals surface area contributed by atoms with Gasteiger partial charge in [-0.05, 0) is 43.5 Å². The number of halogens is 1. The van der Waals surface area contributed by atoms with E-state index in [0.717, 1.165) is 10.4 Å². The summed E-state index contributed by atoms with van der Waals surface area (Å²) < 4.78 is 19.6. The van der Waals surface area contributed by atoms with E-state index in [0.29, 0.717) is 28.5 Å². The van der Waals surface area contributed by atoms with E-state index in [1.807, 2.05) is 6.07 Å². The molecule has 0 spiro atoms. The third-order valence-electron chi connectivity index (χ3n) is 5.31. The van der Waals surface area contributed by atoms with Crippen LogP contribution in [0.5, 0.6) is 0 Å². The number of fused-ring (bicyclic) bond motifs is 1. The summed E-state index contributed by atoms with van der Waals surface area (Å²) in [5.74, 6) is 0.717. The third-order valence-corrected chi connectivity index (χ3v) is 6.48. The molecule has 4 atom stereocenters. The normalized spacial score (nSPS) is 25.3. The molecule has 142 valence electrons. The van der Waals surface area contributed by atoms with E-state index in [-0.39, 0.29) is 29.6 Å². The molecule has 1 aliphatic rings. The van der Waals surface area contributed by atoms with Crippen molar-refractivity contribution in [3.63, 3.8) is 0 Å². The van der Waals surface area contributed by atoms with E-state index < -0.39 is 0 Å². The lowest BCUT2D eigenvalue weighted by Gasteiger charge is -2.19. The van der Waals surface area contributed by atoms with Crippen molar-refractivity contribution in [3.8, 4) is 10.4 Å². The second kappa shape index (κ2) is 7.14. The molecule has 1 aromatic carbocycles. The van der Waals surface area contributed by atoms with Crippen molar-refractivity contribution in [1.82, 2.24) is 15.3 Å². The molecule has 1 saturated heterocycles. The van der Waals surface area contributed by atoms with Crippen LogP contribution in [0.4, 0.5) is 4.39 Å². The number of aromatic nitrogens is 2. The predicted molar refractivity (Wildman–Crippen MR) is 105 cm³/mol. The zero-order chi connectivity index (χ0) is 19.1. The Morgan fingerprint density at radius 2 is 1.96 bits per heavy atom. The average molecular weight is 387 g/mol. The second-order valence-corrected chi connectivity index (χ2v) is 8.21. The first kappa shape index (κ1) is 18.3. The molecule has 5 nitrogen and oxygen atoms in total. The van der Waals surface area contributed by atoms with Gasteiger partial charge >= 0.3 is 0 Å². The van der Waals surface area contributed by atoms with Gasteiger partial charge in [0.25, 0.3) is 5.56 Å². The van der Waals surface area contributed by atoms with Crippen LogP contribution >= 0.6 is 11.3 Å². The maximum absolute atomic E-state index is 13.1. The number of rotatable bonds is 4. The van der Waals surface area contributed by atoms with E-state index in [9.17, 15) is 9.18 Å². The van der Waals surface area contributed by atoms with Gasteiger partial charge in [0, 0.05) is 10.9 Å². The summed E-state index contributed by atoms with van der Waals surface area (Å²) in [6.45, 7) is 6.78. The molecular formula is C20H22FN3O2S. The van der Waals surface area contributed by atoms with E-state index in [1.165, 1.54) is 23.5 Å². The van der Waals surface area contributed by atoms with Crippen LogP contribution in [0.1, 0.15) is 26.6 Å². The molecule has 1 aliphatic heterocycles. The number of ether oxygens (including phenoxy) is 1. The molecule has 3 aromatic rings. The first-order valence-corrected chi connectivity index (χ1v) is 9.91. The Morgan fingerprint density at radius 1 is 1.22 bits per heavy atom. The van der Waals surface area contributed by atoms with Crippen molar-refractivity contribution in [2.24, 2.45) is 5.92 Å². The number of nitrogens with zero attached hydrogens (tertiary/aromatic N) is 1. The van der Waals surface area contributed by atoms with E-state index in [1.54, 1.807) is 12.1 Å². The minimum atomic E-state index is -0.280. The summed E-state index contributed by atoms with van der Waals surface area (Å²) in [5, 5.41) is 3.47. The summed E-state index contributed by atoms with van der Waals surface area (Å²) in [5.41, 5.74) is 1.39. The van der Waals surface area contributed by atoms with E-state index in [4.69, 9.17) is 4.74 Å². The fourth-order valence-corrected chi connectivity index (χ4v) is 4.66. The predicted octanol–water partition coefficient (Wildman–Crippen LogP) is 3.69. The fourth-order valence-electron chi connectivity index (χ4n) is 3.66. The average Bonchev–Trinajstić information content (AvgIpc) is 3.16. The SMILES string of the molecule is CC1OC(C)C(NCc2nc3cc(-c4ccc(F)cc4)sc3c(=O)[nH]2)C1C. The highest BCUT2D eigenvalue weighted by Crippen LogP contribution is 2.31. The zero-order valence-electron chi connectivity index (χ0n) is 15.5. The second-order valence-electron chi connectivity index (χ2n) is 7.16. The molecule has 4 unspecified atom stereocenters. The first-order chi connectivity index (χ1) is 12.9. The lowest BCUT2D eigenvalue weighted by molar-refractivity contribution is 0.0540. The number of thiophene rings is 1. The minimum Gasteiger partial charge on any atom is -0.374 e. The highest BCUT2D eigenvalue weighted by Gasteiger charge is 2.36. The van der Waals surface area contributed by atoms with Crippen molar-refractivity contribution in [3.05, 3.63) is 52.3 Å². The molecule has 0 bridgehead atoms. The van der Waals surface area contributed by atoms with Crippen LogP contribution in [0.2, 0.25) is 0 Å². The van der Waals surface area contributed by atoms with Gasteiger partial charge < -0.3 is 15.0 Å². The molecule has 7 heteroatoms. The highest BCUT2D eigenvalue weighted by atomic mass is 32.1. The van der Waals surface area contributed by atoms with E-state index >= 15 is 0 Å². The van der Waals surface area contributed by atoms with Crippen LogP contribution in [-0.4, -0.2) is 28.2 Å². The Labute approximate surface area is 160 Å². The molecule has 4 rings (SSSR count). The zero-order valence-corrected chi connectivity index (χ0v) is 16.3. The number of H-pyrrole nitrogens is 1. The lowest BCUT2D eigenvalue weighted by Crippen LogP contribution is -2.39. The first-order valence-electron chi connectivity index (χ1n) is 9.10. The van der Waals surface area contributed by atoms with Gasteiger partial charge in [-0.3, -0.25) is 4.79 Å². The Balaban J connectivity index is 1.58. The van der Waals surface area contributed by atoms with E-state index in [2.05, 4.69) is 36.1 Å². The van der Waals surface area contributed by atoms with Crippen LogP contribution in [0, 0.1) is 11.7 Å². The molecule has 2 aromatic heterocycles. The summed E-state index contributed by atoms with van der Waals surface area (Å²) in [4.78, 5) is 20.9. The molecule has 27 heavy (non-hydrogen) atoms. The Hall–Kier alpha value is -2.09. The maximum Gasteiger partial charge on any atom is 0.268 e. The van der Waals surface area contributed by atoms with Gasteiger partial charge in [0.2, 0.25) is 0 Å². The molecule has 2 N–H and O–H groups in total. The standard InChI is InChI=1S/C20H22FN3O2S/c1-10-11(2)26-12(3)18(10)22-9-17-23-15-8-16(27-19(15)20(25)24-17)13-4-6-14(21)7-5-13/h4-8,10-12,18,22H,9H2,1-3H3,(H,23,24,25). The van der Waals surface area contributed by atoms with Crippen LogP contribution < -0.4 is 10.9 Å². The number of hydrogen-bond acceptors (Lipinski definition) is 5. The largest absolute Gasteiger partial charge is 0.374 e. The van der Waals surface area contributed by atoms with Crippen molar-refractivity contribution in [2.45, 2.75) is 45.6 Å². The molecule has 3 heterocycles. The summed E-state index contributed by atoms with van der Waals surface area (Å²) in [7, 11) is 0. The Kier molecular flexibility index (Phi) is 4.84. The summed E-state index contributed by atoms with van der Waals surface area (Å²) in [6.07, 6.45) is 0.332. The molecule has 0 aliphatic carbocycles. The van der Waals surface area contributed by atoms with Crippen LogP contribution in [0.25, 0.3) is 20.7 Å². The number of aromatic amines is 1. The quantitative estimate of drug-likeness (QED) is 0.716. The maximum atomic E-state index is 13.1. The molecule has 0 amide bonds. The molecular weight excluding hydrogens is 365 g/mol. The lowest BCUT2D eigenvalue weighted by atomic mass is 9.97. The van der Waals surface area contributed by atoms with Crippen LogP contribution in [0.3, 0.4) is 0 Å². The van der Waals surface area contributed by atoms with Crippen LogP contribution in [0.15, 0.2) is 35.1 Å². The van der Waals surface area contributed by atoms with Gasteiger partial charge in [-0.15, -0.1) is 11.3 Å². The molecule has 1 fully saturated rings. The van der Waals surface area contributed by atoms with Crippen molar-refractivity contribution in [2.75, 3.05) is 0 Å². The molecule has 0 saturated carbocycles. The molecule has 0 radical (unpaired) electrons. The van der Waals surface area contributed by atoms with Gasteiger partial charge in [-0.2, -0.15) is 0 Å². The minimum absolute atomic E-state index is 0.122. The Bertz CT molecular complexity index is 1010. The monoisotopic (exact) mass is 387 g/mol. The third kappa shape index (κ3) is 3.54. The highest BCUT2D eigenvalue weighted by molar-refractivity contribution is 7.22. The number of benzene rings is 1. The topological polar surface area (TPSA) is 67.0 Å². The van der Waals surface area contributed by atoms with Gasteiger partial charge in [0.1, 0.15) is 16.3 Å². The van der Waals surface area contributed by atoms with Gasteiger partial charge in [-0.25, -0.2) is 9.37 Å². The number of hydrogen-bond donors (Lipinski definition) is 2. The summed E-state index contributed by atoms with van der Waals surface area (Å²) in [6, 6.07) is 8.36. The van der Waals surface area contributed by atoms with Gasteiger partial charge in [0.05, 0.1) is 24.3 Å². The van der Waals surface area contributed by atoms with Crippen molar-refractivity contribution in [1.29, 1.82) is 0 Å².